The van der Waals surface area contributed by atoms with Gasteiger partial charge in [0, 0.05) is 10.6 Å². The Bertz CT molecular complexity index is 897. The van der Waals surface area contributed by atoms with Crippen LogP contribution in [0.25, 0.3) is 6.08 Å². The Balaban J connectivity index is 1.87. The average molecular weight is 339 g/mol. The Morgan fingerprint density at radius 1 is 1.25 bits per heavy atom. The Hall–Kier alpha value is -3.10. The number of cyclic esters (lactones) is 1. The number of rotatable bonds is 4. The summed E-state index contributed by atoms with van der Waals surface area (Å²) in [5, 5.41) is 9.08. The van der Waals surface area contributed by atoms with Crippen LogP contribution in [0.2, 0.25) is 5.02 Å². The Morgan fingerprint density at radius 3 is 2.88 bits per heavy atom. The molecule has 0 saturated heterocycles. The van der Waals surface area contributed by atoms with Crippen molar-refractivity contribution in [3.05, 3.63) is 70.4 Å². The van der Waals surface area contributed by atoms with E-state index in [-0.39, 0.29) is 18.2 Å². The van der Waals surface area contributed by atoms with Crippen molar-refractivity contribution in [3.8, 4) is 11.8 Å². The Labute approximate surface area is 143 Å². The van der Waals surface area contributed by atoms with Crippen LogP contribution in [0.4, 0.5) is 0 Å². The normalized spacial score (nSPS) is 14.9. The summed E-state index contributed by atoms with van der Waals surface area (Å²) in [6, 6.07) is 15.8. The first-order valence-corrected chi connectivity index (χ1v) is 7.42. The highest BCUT2D eigenvalue weighted by atomic mass is 35.5. The van der Waals surface area contributed by atoms with Crippen molar-refractivity contribution in [1.29, 1.82) is 5.26 Å². The zero-order valence-electron chi connectivity index (χ0n) is 12.4. The second-order valence-electron chi connectivity index (χ2n) is 4.87. The molecule has 2 aromatic rings. The number of esters is 1. The van der Waals surface area contributed by atoms with Crippen molar-refractivity contribution in [1.82, 2.24) is 0 Å². The van der Waals surface area contributed by atoms with E-state index >= 15 is 0 Å². The van der Waals surface area contributed by atoms with Gasteiger partial charge in [-0.3, -0.25) is 0 Å². The molecule has 0 bridgehead atoms. The van der Waals surface area contributed by atoms with Gasteiger partial charge >= 0.3 is 5.97 Å². The highest BCUT2D eigenvalue weighted by molar-refractivity contribution is 6.31. The zero-order valence-corrected chi connectivity index (χ0v) is 13.2. The predicted octanol–water partition coefficient (Wildman–Crippen LogP) is 3.59. The standard InChI is InChI=1S/C18H11ClN2O3/c19-14-5-2-4-13(11-14)17-21-16(18(22)24-17)10-12-3-1-6-15(9-12)23-8-7-20/h1-6,9-11H,8H2. The van der Waals surface area contributed by atoms with E-state index in [9.17, 15) is 4.79 Å². The minimum Gasteiger partial charge on any atom is -0.479 e. The summed E-state index contributed by atoms with van der Waals surface area (Å²) >= 11 is 5.94. The molecule has 5 nitrogen and oxygen atoms in total. The quantitative estimate of drug-likeness (QED) is 0.631. The Kier molecular flexibility index (Phi) is 4.59. The molecule has 3 rings (SSSR count). The Morgan fingerprint density at radius 2 is 2.08 bits per heavy atom. The van der Waals surface area contributed by atoms with Crippen molar-refractivity contribution in [2.24, 2.45) is 4.99 Å². The van der Waals surface area contributed by atoms with Crippen molar-refractivity contribution in [2.75, 3.05) is 6.61 Å². The van der Waals surface area contributed by atoms with Gasteiger partial charge in [-0.2, -0.15) is 5.26 Å². The van der Waals surface area contributed by atoms with E-state index in [4.69, 9.17) is 26.3 Å². The summed E-state index contributed by atoms with van der Waals surface area (Å²) in [5.41, 5.74) is 1.53. The summed E-state index contributed by atoms with van der Waals surface area (Å²) in [6.45, 7) is -0.0425. The third-order valence-corrected chi connectivity index (χ3v) is 3.39. The van der Waals surface area contributed by atoms with Crippen molar-refractivity contribution < 1.29 is 14.3 Å². The van der Waals surface area contributed by atoms with Crippen molar-refractivity contribution in [3.63, 3.8) is 0 Å². The summed E-state index contributed by atoms with van der Waals surface area (Å²) in [5.74, 6) is 0.218. The third kappa shape index (κ3) is 3.62. The molecule has 0 N–H and O–H groups in total. The van der Waals surface area contributed by atoms with Gasteiger partial charge in [0.05, 0.1) is 0 Å². The second-order valence-corrected chi connectivity index (χ2v) is 5.30. The van der Waals surface area contributed by atoms with E-state index in [1.54, 1.807) is 54.6 Å². The van der Waals surface area contributed by atoms with Gasteiger partial charge in [0.1, 0.15) is 11.8 Å². The lowest BCUT2D eigenvalue weighted by Crippen LogP contribution is -2.05. The average Bonchev–Trinajstić information content (AvgIpc) is 2.94. The highest BCUT2D eigenvalue weighted by Gasteiger charge is 2.24. The van der Waals surface area contributed by atoms with Gasteiger partial charge in [-0.25, -0.2) is 9.79 Å². The monoisotopic (exact) mass is 338 g/mol. The molecule has 0 spiro atoms. The lowest BCUT2D eigenvalue weighted by atomic mass is 10.2. The van der Waals surface area contributed by atoms with Gasteiger partial charge in [-0.15, -0.1) is 0 Å². The third-order valence-electron chi connectivity index (χ3n) is 3.16. The van der Waals surface area contributed by atoms with E-state index in [1.165, 1.54) is 0 Å². The molecule has 1 aliphatic rings. The predicted molar refractivity (Wildman–Crippen MR) is 89.6 cm³/mol. The van der Waals surface area contributed by atoms with Crippen LogP contribution in [-0.4, -0.2) is 18.5 Å². The SMILES string of the molecule is N#CCOc1cccc(C=C2N=C(c3cccc(Cl)c3)OC2=O)c1. The van der Waals surface area contributed by atoms with Crippen LogP contribution in [0.5, 0.6) is 5.75 Å². The largest absolute Gasteiger partial charge is 0.479 e. The maximum Gasteiger partial charge on any atom is 0.363 e. The molecule has 0 amide bonds. The van der Waals surface area contributed by atoms with Crippen molar-refractivity contribution in [2.45, 2.75) is 0 Å². The van der Waals surface area contributed by atoms with Crippen LogP contribution < -0.4 is 4.74 Å². The lowest BCUT2D eigenvalue weighted by Gasteiger charge is -2.02. The lowest BCUT2D eigenvalue weighted by molar-refractivity contribution is -0.129. The van der Waals surface area contributed by atoms with E-state index < -0.39 is 5.97 Å². The minimum atomic E-state index is -0.534. The van der Waals surface area contributed by atoms with Gasteiger partial charge in [-0.1, -0.05) is 29.8 Å². The number of benzene rings is 2. The molecule has 1 heterocycles. The molecule has 24 heavy (non-hydrogen) atoms. The molecule has 0 unspecified atom stereocenters. The first-order valence-electron chi connectivity index (χ1n) is 7.04. The number of aliphatic imine (C=N–C) groups is 1. The second kappa shape index (κ2) is 6.99. The number of hydrogen-bond donors (Lipinski definition) is 0. The molecule has 118 valence electrons. The first-order chi connectivity index (χ1) is 11.7. The number of nitriles is 1. The maximum atomic E-state index is 12.0. The van der Waals surface area contributed by atoms with Crippen LogP contribution in [0.15, 0.2) is 59.2 Å². The molecule has 0 aliphatic carbocycles. The van der Waals surface area contributed by atoms with Crippen molar-refractivity contribution >= 4 is 29.5 Å². The molecule has 0 atom stereocenters. The van der Waals surface area contributed by atoms with E-state index in [0.717, 1.165) is 0 Å². The summed E-state index contributed by atoms with van der Waals surface area (Å²) in [4.78, 5) is 16.2. The van der Waals surface area contributed by atoms with Gasteiger partial charge in [0.25, 0.3) is 0 Å². The van der Waals surface area contributed by atoms with Crippen LogP contribution in [0.3, 0.4) is 0 Å². The zero-order chi connectivity index (χ0) is 16.9. The minimum absolute atomic E-state index is 0.0425. The molecule has 2 aromatic carbocycles. The topological polar surface area (TPSA) is 71.7 Å². The summed E-state index contributed by atoms with van der Waals surface area (Å²) < 4.78 is 10.4. The molecule has 0 fully saturated rings. The molecule has 0 saturated carbocycles. The molecule has 6 heteroatoms. The smallest absolute Gasteiger partial charge is 0.363 e. The summed E-state index contributed by atoms with van der Waals surface area (Å²) in [7, 11) is 0. The number of carbonyl (C=O) groups excluding carboxylic acids is 1. The number of hydrogen-bond acceptors (Lipinski definition) is 5. The molecular weight excluding hydrogens is 328 g/mol. The van der Waals surface area contributed by atoms with E-state index in [2.05, 4.69) is 4.99 Å². The number of ether oxygens (including phenoxy) is 2. The van der Waals surface area contributed by atoms with Gasteiger partial charge < -0.3 is 9.47 Å². The number of halogens is 1. The fraction of sp³-hybridized carbons (Fsp3) is 0.0556. The van der Waals surface area contributed by atoms with Crippen LogP contribution in [-0.2, 0) is 9.53 Å². The van der Waals surface area contributed by atoms with Gasteiger partial charge in [0.15, 0.2) is 12.3 Å². The van der Waals surface area contributed by atoms with Crippen LogP contribution in [0, 0.1) is 11.3 Å². The number of carbonyl (C=O) groups is 1. The molecular formula is C18H11ClN2O3. The molecule has 0 aromatic heterocycles. The van der Waals surface area contributed by atoms with Crippen LogP contribution >= 0.6 is 11.6 Å². The highest BCUT2D eigenvalue weighted by Crippen LogP contribution is 2.22. The maximum absolute atomic E-state index is 12.0. The molecule has 1 aliphatic heterocycles. The van der Waals surface area contributed by atoms with E-state index in [1.807, 2.05) is 6.07 Å². The van der Waals surface area contributed by atoms with Crippen LogP contribution in [0.1, 0.15) is 11.1 Å². The fourth-order valence-corrected chi connectivity index (χ4v) is 2.31. The fourth-order valence-electron chi connectivity index (χ4n) is 2.12. The molecule has 0 radical (unpaired) electrons. The summed E-state index contributed by atoms with van der Waals surface area (Å²) in [6.07, 6.45) is 1.60. The number of nitrogens with zero attached hydrogens (tertiary/aromatic N) is 2. The van der Waals surface area contributed by atoms with Gasteiger partial charge in [-0.05, 0) is 42.0 Å². The van der Waals surface area contributed by atoms with Gasteiger partial charge in [0.2, 0.25) is 5.90 Å². The van der Waals surface area contributed by atoms with E-state index in [0.29, 0.717) is 21.9 Å². The first kappa shape index (κ1) is 15.8.